The molecule has 0 bridgehead atoms. The van der Waals surface area contributed by atoms with Gasteiger partial charge in [-0.3, -0.25) is 9.69 Å². The lowest BCUT2D eigenvalue weighted by Crippen LogP contribution is -2.52. The fourth-order valence-corrected chi connectivity index (χ4v) is 5.61. The Labute approximate surface area is 175 Å². The van der Waals surface area contributed by atoms with E-state index in [9.17, 15) is 13.2 Å². The summed E-state index contributed by atoms with van der Waals surface area (Å²) in [6, 6.07) is 7.31. The summed E-state index contributed by atoms with van der Waals surface area (Å²) < 4.78 is 27.5. The maximum Gasteiger partial charge on any atom is 0.243 e. The van der Waals surface area contributed by atoms with E-state index < -0.39 is 10.0 Å². The largest absolute Gasteiger partial charge is 0.341 e. The second-order valence-electron chi connectivity index (χ2n) is 8.65. The summed E-state index contributed by atoms with van der Waals surface area (Å²) in [4.78, 5) is 17.0. The summed E-state index contributed by atoms with van der Waals surface area (Å²) in [5.74, 6) is 1.17. The Hall–Kier alpha value is -1.44. The van der Waals surface area contributed by atoms with E-state index in [2.05, 4.69) is 25.7 Å². The van der Waals surface area contributed by atoms with Crippen LogP contribution in [0, 0.1) is 5.92 Å². The molecule has 2 fully saturated rings. The molecule has 1 aromatic rings. The SMILES string of the molecule is CC[C@@H](C)c1ccc(S(=O)(=O)N2CCN(CC(=O)N3CCC[C@@H](C)C3)CC2)cc1. The number of nitrogens with zero attached hydrogens (tertiary/aromatic N) is 3. The van der Waals surface area contributed by atoms with E-state index in [0.717, 1.165) is 25.9 Å². The van der Waals surface area contributed by atoms with Crippen LogP contribution in [-0.4, -0.2) is 74.2 Å². The van der Waals surface area contributed by atoms with Crippen LogP contribution in [0.4, 0.5) is 0 Å². The number of likely N-dealkylation sites (tertiary alicyclic amines) is 1. The fourth-order valence-electron chi connectivity index (χ4n) is 4.19. The normalized spacial score (nSPS) is 23.1. The lowest BCUT2D eigenvalue weighted by atomic mass is 9.99. The summed E-state index contributed by atoms with van der Waals surface area (Å²) in [6.07, 6.45) is 3.30. The van der Waals surface area contributed by atoms with Gasteiger partial charge in [0, 0.05) is 39.3 Å². The van der Waals surface area contributed by atoms with Gasteiger partial charge < -0.3 is 4.90 Å². The molecule has 1 amide bonds. The van der Waals surface area contributed by atoms with Crippen molar-refractivity contribution >= 4 is 15.9 Å². The summed E-state index contributed by atoms with van der Waals surface area (Å²) >= 11 is 0. The first kappa shape index (κ1) is 22.2. The smallest absolute Gasteiger partial charge is 0.243 e. The zero-order valence-corrected chi connectivity index (χ0v) is 18.8. The molecule has 2 atom stereocenters. The lowest BCUT2D eigenvalue weighted by molar-refractivity contribution is -0.134. The molecule has 0 unspecified atom stereocenters. The van der Waals surface area contributed by atoms with Crippen LogP contribution in [0.5, 0.6) is 0 Å². The van der Waals surface area contributed by atoms with Gasteiger partial charge in [-0.05, 0) is 48.8 Å². The van der Waals surface area contributed by atoms with Crippen LogP contribution in [-0.2, 0) is 14.8 Å². The van der Waals surface area contributed by atoms with Gasteiger partial charge in [0.05, 0.1) is 11.4 Å². The minimum absolute atomic E-state index is 0.175. The van der Waals surface area contributed by atoms with Gasteiger partial charge in [-0.1, -0.05) is 32.9 Å². The van der Waals surface area contributed by atoms with Crippen LogP contribution < -0.4 is 0 Å². The van der Waals surface area contributed by atoms with Crippen molar-refractivity contribution in [2.75, 3.05) is 45.8 Å². The molecule has 29 heavy (non-hydrogen) atoms. The van der Waals surface area contributed by atoms with Crippen molar-refractivity contribution in [2.45, 2.75) is 50.8 Å². The Morgan fingerprint density at radius 2 is 1.76 bits per heavy atom. The average molecular weight is 422 g/mol. The van der Waals surface area contributed by atoms with Crippen LogP contribution in [0.25, 0.3) is 0 Å². The minimum Gasteiger partial charge on any atom is -0.341 e. The summed E-state index contributed by atoms with van der Waals surface area (Å²) in [5.41, 5.74) is 1.17. The third-order valence-electron chi connectivity index (χ3n) is 6.40. The molecule has 3 rings (SSSR count). The Bertz CT molecular complexity index is 786. The topological polar surface area (TPSA) is 60.9 Å². The number of hydrogen-bond donors (Lipinski definition) is 0. The average Bonchev–Trinajstić information content (AvgIpc) is 2.73. The quantitative estimate of drug-likeness (QED) is 0.709. The number of piperazine rings is 1. The van der Waals surface area contributed by atoms with Crippen LogP contribution in [0.2, 0.25) is 0 Å². The van der Waals surface area contributed by atoms with Crippen molar-refractivity contribution in [1.29, 1.82) is 0 Å². The van der Waals surface area contributed by atoms with E-state index in [0.29, 0.717) is 49.5 Å². The van der Waals surface area contributed by atoms with E-state index in [4.69, 9.17) is 0 Å². The summed E-state index contributed by atoms with van der Waals surface area (Å²) in [6.45, 7) is 10.6. The molecule has 0 spiro atoms. The molecule has 1 aromatic carbocycles. The predicted molar refractivity (Wildman–Crippen MR) is 115 cm³/mol. The highest BCUT2D eigenvalue weighted by atomic mass is 32.2. The van der Waals surface area contributed by atoms with Crippen LogP contribution in [0.1, 0.15) is 51.5 Å². The Morgan fingerprint density at radius 1 is 1.10 bits per heavy atom. The highest BCUT2D eigenvalue weighted by Gasteiger charge is 2.30. The third kappa shape index (κ3) is 5.38. The van der Waals surface area contributed by atoms with Crippen LogP contribution in [0.3, 0.4) is 0 Å². The molecule has 6 nitrogen and oxygen atoms in total. The van der Waals surface area contributed by atoms with E-state index in [1.165, 1.54) is 12.0 Å². The summed E-state index contributed by atoms with van der Waals surface area (Å²) in [7, 11) is -3.48. The third-order valence-corrected chi connectivity index (χ3v) is 8.31. The molecule has 0 N–H and O–H groups in total. The van der Waals surface area contributed by atoms with Crippen molar-refractivity contribution in [2.24, 2.45) is 5.92 Å². The number of amides is 1. The molecular formula is C22H35N3O3S. The van der Waals surface area contributed by atoms with Gasteiger partial charge in [0.25, 0.3) is 0 Å². The predicted octanol–water partition coefficient (Wildman–Crippen LogP) is 2.76. The minimum atomic E-state index is -3.48. The van der Waals surface area contributed by atoms with E-state index in [1.807, 2.05) is 17.0 Å². The highest BCUT2D eigenvalue weighted by Crippen LogP contribution is 2.23. The standard InChI is InChI=1S/C22H35N3O3S/c1-4-19(3)20-7-9-21(10-8-20)29(27,28)25-14-12-23(13-15-25)17-22(26)24-11-5-6-18(2)16-24/h7-10,18-19H,4-6,11-17H2,1-3H3/t18-,19-/m1/s1. The van der Waals surface area contributed by atoms with Gasteiger partial charge >= 0.3 is 0 Å². The first-order chi connectivity index (χ1) is 13.8. The number of sulfonamides is 1. The van der Waals surface area contributed by atoms with E-state index in [-0.39, 0.29) is 5.91 Å². The molecule has 7 heteroatoms. The zero-order valence-electron chi connectivity index (χ0n) is 18.0. The van der Waals surface area contributed by atoms with Crippen molar-refractivity contribution < 1.29 is 13.2 Å². The van der Waals surface area contributed by atoms with Crippen molar-refractivity contribution in [3.05, 3.63) is 29.8 Å². The number of hydrogen-bond acceptors (Lipinski definition) is 4. The first-order valence-electron chi connectivity index (χ1n) is 10.9. The molecular weight excluding hydrogens is 386 g/mol. The summed E-state index contributed by atoms with van der Waals surface area (Å²) in [5, 5.41) is 0. The molecule has 0 radical (unpaired) electrons. The Kier molecular flexibility index (Phi) is 7.35. The first-order valence-corrected chi connectivity index (χ1v) is 12.4. The maximum absolute atomic E-state index is 13.0. The molecule has 2 heterocycles. The van der Waals surface area contributed by atoms with Crippen molar-refractivity contribution in [1.82, 2.24) is 14.1 Å². The van der Waals surface area contributed by atoms with Gasteiger partial charge in [0.1, 0.15) is 0 Å². The van der Waals surface area contributed by atoms with Gasteiger partial charge in [0.2, 0.25) is 15.9 Å². The van der Waals surface area contributed by atoms with E-state index in [1.54, 1.807) is 16.4 Å². The molecule has 0 aliphatic carbocycles. The second-order valence-corrected chi connectivity index (χ2v) is 10.6. The van der Waals surface area contributed by atoms with Crippen molar-refractivity contribution in [3.8, 4) is 0 Å². The Balaban J connectivity index is 1.54. The molecule has 0 aromatic heterocycles. The number of carbonyl (C=O) groups excluding carboxylic acids is 1. The zero-order chi connectivity index (χ0) is 21.0. The second kappa shape index (κ2) is 9.58. The lowest BCUT2D eigenvalue weighted by Gasteiger charge is -2.36. The van der Waals surface area contributed by atoms with Gasteiger partial charge in [-0.2, -0.15) is 4.31 Å². The number of piperidine rings is 1. The van der Waals surface area contributed by atoms with Gasteiger partial charge in [-0.15, -0.1) is 0 Å². The molecule has 162 valence electrons. The molecule has 2 aliphatic heterocycles. The molecule has 2 aliphatic rings. The number of rotatable bonds is 6. The van der Waals surface area contributed by atoms with Gasteiger partial charge in [-0.25, -0.2) is 8.42 Å². The number of carbonyl (C=O) groups is 1. The van der Waals surface area contributed by atoms with Crippen molar-refractivity contribution in [3.63, 3.8) is 0 Å². The monoisotopic (exact) mass is 421 g/mol. The van der Waals surface area contributed by atoms with Crippen LogP contribution in [0.15, 0.2) is 29.2 Å². The fraction of sp³-hybridized carbons (Fsp3) is 0.682. The molecule has 0 saturated carbocycles. The highest BCUT2D eigenvalue weighted by molar-refractivity contribution is 7.89. The molecule has 2 saturated heterocycles. The van der Waals surface area contributed by atoms with E-state index >= 15 is 0 Å². The van der Waals surface area contributed by atoms with Gasteiger partial charge in [0.15, 0.2) is 0 Å². The maximum atomic E-state index is 13.0. The number of benzene rings is 1. The Morgan fingerprint density at radius 3 is 2.34 bits per heavy atom. The van der Waals surface area contributed by atoms with Crippen LogP contribution >= 0.6 is 0 Å².